The number of phenols is 1. The van der Waals surface area contributed by atoms with Crippen LogP contribution >= 0.6 is 0 Å². The molecule has 3 heterocycles. The van der Waals surface area contributed by atoms with Crippen LogP contribution < -0.4 is 4.74 Å². The zero-order chi connectivity index (χ0) is 29.5. The number of piperidine rings is 1. The van der Waals surface area contributed by atoms with Gasteiger partial charge in [0.15, 0.2) is 17.6 Å². The van der Waals surface area contributed by atoms with Crippen molar-refractivity contribution < 1.29 is 14.6 Å². The van der Waals surface area contributed by atoms with Gasteiger partial charge in [0, 0.05) is 42.9 Å². The lowest BCUT2D eigenvalue weighted by molar-refractivity contribution is -0.205. The van der Waals surface area contributed by atoms with Crippen LogP contribution in [0.25, 0.3) is 11.1 Å². The molecule has 224 valence electrons. The minimum atomic E-state index is -0.465. The Kier molecular flexibility index (Phi) is 6.02. The van der Waals surface area contributed by atoms with Crippen molar-refractivity contribution in [2.24, 2.45) is 5.92 Å². The maximum atomic E-state index is 11.2. The smallest absolute Gasteiger partial charge is 0.166 e. The molecule has 44 heavy (non-hydrogen) atoms. The maximum Gasteiger partial charge on any atom is 0.166 e. The third-order valence-corrected chi connectivity index (χ3v) is 11.3. The van der Waals surface area contributed by atoms with Crippen LogP contribution in [-0.4, -0.2) is 46.3 Å². The molecule has 1 aromatic heterocycles. The molecule has 2 bridgehead atoms. The first-order chi connectivity index (χ1) is 21.6. The van der Waals surface area contributed by atoms with Gasteiger partial charge in [0.1, 0.15) is 5.60 Å². The molecule has 1 N–H and O–H groups in total. The van der Waals surface area contributed by atoms with E-state index in [1.54, 1.807) is 0 Å². The summed E-state index contributed by atoms with van der Waals surface area (Å²) in [4.78, 5) is 7.95. The van der Waals surface area contributed by atoms with E-state index >= 15 is 0 Å². The van der Waals surface area contributed by atoms with Crippen LogP contribution in [0.3, 0.4) is 0 Å². The Morgan fingerprint density at radius 3 is 2.73 bits per heavy atom. The van der Waals surface area contributed by atoms with Gasteiger partial charge in [-0.1, -0.05) is 66.2 Å². The minimum Gasteiger partial charge on any atom is -0.504 e. The number of nitrogens with zero attached hydrogens (tertiary/aromatic N) is 2. The fourth-order valence-electron chi connectivity index (χ4n) is 9.24. The van der Waals surface area contributed by atoms with Gasteiger partial charge in [-0.05, 0) is 92.3 Å². The first-order valence-electron chi connectivity index (χ1n) is 16.6. The molecule has 1 saturated carbocycles. The van der Waals surface area contributed by atoms with Gasteiger partial charge in [-0.2, -0.15) is 0 Å². The number of ether oxygens (including phenoxy) is 2. The Morgan fingerprint density at radius 2 is 1.89 bits per heavy atom. The zero-order valence-electron chi connectivity index (χ0n) is 25.5. The van der Waals surface area contributed by atoms with Crippen molar-refractivity contribution in [3.05, 3.63) is 113 Å². The van der Waals surface area contributed by atoms with E-state index in [1.165, 1.54) is 46.2 Å². The second-order valence-electron chi connectivity index (χ2n) is 14.0. The number of phenolic OH excluding ortho intramolecular Hbond substituents is 1. The zero-order valence-corrected chi connectivity index (χ0v) is 25.5. The summed E-state index contributed by atoms with van der Waals surface area (Å²) in [6, 6.07) is 26.0. The molecule has 2 aliphatic heterocycles. The van der Waals surface area contributed by atoms with E-state index in [0.717, 1.165) is 62.4 Å². The predicted octanol–water partition coefficient (Wildman–Crippen LogP) is 7.12. The number of aromatic hydroxyl groups is 1. The van der Waals surface area contributed by atoms with E-state index in [4.69, 9.17) is 14.5 Å². The fraction of sp³-hybridized carbons (Fsp3) is 0.410. The Bertz CT molecular complexity index is 1750. The van der Waals surface area contributed by atoms with Gasteiger partial charge in [-0.3, -0.25) is 9.88 Å². The molecule has 5 heteroatoms. The molecule has 0 radical (unpaired) electrons. The molecule has 5 nitrogen and oxygen atoms in total. The molecule has 1 saturated heterocycles. The predicted molar refractivity (Wildman–Crippen MR) is 171 cm³/mol. The van der Waals surface area contributed by atoms with Crippen molar-refractivity contribution in [1.29, 1.82) is 0 Å². The summed E-state index contributed by atoms with van der Waals surface area (Å²) in [5, 5.41) is 11.2. The van der Waals surface area contributed by atoms with Crippen LogP contribution in [0.4, 0.5) is 0 Å². The van der Waals surface area contributed by atoms with E-state index in [2.05, 4.69) is 78.6 Å². The van der Waals surface area contributed by atoms with Crippen molar-refractivity contribution in [2.45, 2.75) is 75.0 Å². The number of fused-ring (bicyclic) bond motifs is 2. The van der Waals surface area contributed by atoms with Gasteiger partial charge >= 0.3 is 0 Å². The monoisotopic (exact) mass is 584 g/mol. The summed E-state index contributed by atoms with van der Waals surface area (Å²) in [6.07, 6.45) is 9.07. The lowest BCUT2D eigenvalue weighted by Crippen LogP contribution is -2.75. The second-order valence-corrected chi connectivity index (χ2v) is 14.0. The van der Waals surface area contributed by atoms with E-state index in [0.29, 0.717) is 12.4 Å². The van der Waals surface area contributed by atoms with Crippen molar-refractivity contribution in [3.63, 3.8) is 0 Å². The van der Waals surface area contributed by atoms with Crippen LogP contribution in [0.2, 0.25) is 0 Å². The molecule has 9 rings (SSSR count). The third kappa shape index (κ3) is 3.88. The van der Waals surface area contributed by atoms with Gasteiger partial charge in [0.2, 0.25) is 0 Å². The molecule has 1 spiro atoms. The van der Waals surface area contributed by atoms with Gasteiger partial charge in [-0.15, -0.1) is 0 Å². The standard InChI is InChI=1S/C39H40N2O3/c1-25-7-5-11-28(19-25)31-20-30-22-39(43-18-6-10-26-8-3-2-4-9-26)33-21-29-14-15-32(42)36-34(29)38(39,37(44-36)35(30)40-23-31)16-17-41(33)24-27-12-13-27/h2-5,7-9,11,14-15,19-20,23,27,33,37,42H,6,10,12-13,16-18,21-22,24H2,1H3/t33-,37+,38+,39-/m1/s1. The van der Waals surface area contributed by atoms with E-state index in [9.17, 15) is 5.11 Å². The maximum absolute atomic E-state index is 11.2. The number of aryl methyl sites for hydroxylation is 2. The Hall–Kier alpha value is -3.67. The number of rotatable bonds is 8. The molecular formula is C39H40N2O3. The summed E-state index contributed by atoms with van der Waals surface area (Å²) in [6.45, 7) is 5.02. The Labute approximate surface area is 259 Å². The summed E-state index contributed by atoms with van der Waals surface area (Å²) >= 11 is 0. The van der Waals surface area contributed by atoms with E-state index < -0.39 is 5.60 Å². The van der Waals surface area contributed by atoms with Crippen LogP contribution in [0.15, 0.2) is 79.0 Å². The molecule has 0 unspecified atom stereocenters. The second kappa shape index (κ2) is 9.92. The highest BCUT2D eigenvalue weighted by Gasteiger charge is 2.73. The lowest BCUT2D eigenvalue weighted by atomic mass is 9.48. The molecule has 3 aliphatic carbocycles. The summed E-state index contributed by atoms with van der Waals surface area (Å²) in [7, 11) is 0. The van der Waals surface area contributed by atoms with Gasteiger partial charge in [-0.25, -0.2) is 0 Å². The molecule has 3 aromatic carbocycles. The van der Waals surface area contributed by atoms with Gasteiger partial charge in [0.25, 0.3) is 0 Å². The number of hydrogen-bond acceptors (Lipinski definition) is 5. The highest BCUT2D eigenvalue weighted by molar-refractivity contribution is 5.68. The average molecular weight is 585 g/mol. The van der Waals surface area contributed by atoms with Crippen LogP contribution in [0.1, 0.15) is 65.3 Å². The van der Waals surface area contributed by atoms with Gasteiger partial charge in [0.05, 0.1) is 11.1 Å². The fourth-order valence-corrected chi connectivity index (χ4v) is 9.24. The molecular weight excluding hydrogens is 544 g/mol. The SMILES string of the molecule is Cc1cccc(-c2cnc3c(c2)C[C@@]2(OCCCc4ccccc4)[C@H]4Cc5ccc(O)c6c5[C@@]2(CCN4CC2CC2)[C@H]3O6)c1. The Morgan fingerprint density at radius 1 is 1.00 bits per heavy atom. The average Bonchev–Trinajstić information content (AvgIpc) is 3.79. The first-order valence-corrected chi connectivity index (χ1v) is 16.6. The number of likely N-dealkylation sites (tertiary alicyclic amines) is 1. The van der Waals surface area contributed by atoms with Crippen molar-refractivity contribution in [3.8, 4) is 22.6 Å². The summed E-state index contributed by atoms with van der Waals surface area (Å²) < 4.78 is 14.4. The summed E-state index contributed by atoms with van der Waals surface area (Å²) in [5.41, 5.74) is 8.83. The first kappa shape index (κ1) is 26.7. The normalized spacial score (nSPS) is 27.8. The number of pyridine rings is 1. The lowest BCUT2D eigenvalue weighted by Gasteiger charge is -2.64. The quantitative estimate of drug-likeness (QED) is 0.224. The van der Waals surface area contributed by atoms with E-state index in [-0.39, 0.29) is 23.3 Å². The molecule has 5 aliphatic rings. The topological polar surface area (TPSA) is 54.8 Å². The van der Waals surface area contributed by atoms with Crippen molar-refractivity contribution in [2.75, 3.05) is 19.7 Å². The largest absolute Gasteiger partial charge is 0.504 e. The molecule has 0 amide bonds. The number of hydrogen-bond donors (Lipinski definition) is 1. The molecule has 2 fully saturated rings. The summed E-state index contributed by atoms with van der Waals surface area (Å²) in [5.74, 6) is 1.70. The number of aromatic nitrogens is 1. The highest BCUT2D eigenvalue weighted by atomic mass is 16.5. The van der Waals surface area contributed by atoms with Crippen molar-refractivity contribution >= 4 is 0 Å². The Balaban J connectivity index is 1.19. The molecule has 4 atom stereocenters. The van der Waals surface area contributed by atoms with E-state index in [1.807, 2.05) is 12.3 Å². The minimum absolute atomic E-state index is 0.238. The molecule has 4 aromatic rings. The van der Waals surface area contributed by atoms with Crippen molar-refractivity contribution in [1.82, 2.24) is 9.88 Å². The number of benzene rings is 3. The van der Waals surface area contributed by atoms with Gasteiger partial charge < -0.3 is 14.6 Å². The van der Waals surface area contributed by atoms with Crippen LogP contribution in [-0.2, 0) is 29.4 Å². The van der Waals surface area contributed by atoms with Crippen LogP contribution in [0.5, 0.6) is 11.5 Å². The highest BCUT2D eigenvalue weighted by Crippen LogP contribution is 2.69. The third-order valence-electron chi connectivity index (χ3n) is 11.3. The van der Waals surface area contributed by atoms with Crippen LogP contribution in [0, 0.1) is 12.8 Å².